The number of fused-ring (bicyclic) bond motifs is 1. The molecule has 0 bridgehead atoms. The lowest BCUT2D eigenvalue weighted by atomic mass is 9.83. The van der Waals surface area contributed by atoms with Crippen LogP contribution in [0.4, 0.5) is 0 Å². The second kappa shape index (κ2) is 4.07. The Morgan fingerprint density at radius 3 is 3.06 bits per heavy atom. The minimum atomic E-state index is 0.232. The Bertz CT molecular complexity index is 538. The molecule has 90 valence electrons. The van der Waals surface area contributed by atoms with E-state index in [4.69, 9.17) is 4.98 Å². The number of rotatable bonds is 1. The normalized spacial score (nSPS) is 25.3. The Kier molecular flexibility index (Phi) is 2.68. The molecule has 2 heterocycles. The van der Waals surface area contributed by atoms with Crippen molar-refractivity contribution in [1.29, 1.82) is 0 Å². The Morgan fingerprint density at radius 2 is 2.29 bits per heavy atom. The van der Waals surface area contributed by atoms with Gasteiger partial charge in [-0.2, -0.15) is 0 Å². The maximum atomic E-state index is 4.83. The number of aryl methyl sites for hydroxylation is 1. The third-order valence-electron chi connectivity index (χ3n) is 3.66. The molecular formula is C14H18N2S. The fraction of sp³-hybridized carbons (Fsp3) is 0.500. The zero-order valence-corrected chi connectivity index (χ0v) is 11.2. The van der Waals surface area contributed by atoms with E-state index in [9.17, 15) is 0 Å². The molecule has 0 aliphatic carbocycles. The topological polar surface area (TPSA) is 24.9 Å². The van der Waals surface area contributed by atoms with Crippen molar-refractivity contribution in [3.05, 3.63) is 28.8 Å². The van der Waals surface area contributed by atoms with E-state index < -0.39 is 0 Å². The monoisotopic (exact) mass is 246 g/mol. The molecule has 3 heteroatoms. The predicted octanol–water partition coefficient (Wildman–Crippen LogP) is 3.25. The number of aromatic nitrogens is 1. The van der Waals surface area contributed by atoms with Gasteiger partial charge >= 0.3 is 0 Å². The zero-order valence-electron chi connectivity index (χ0n) is 10.4. The highest BCUT2D eigenvalue weighted by Gasteiger charge is 2.31. The Hall–Kier alpha value is -0.930. The molecule has 1 atom stereocenters. The van der Waals surface area contributed by atoms with Crippen LogP contribution in [0.1, 0.15) is 30.3 Å². The van der Waals surface area contributed by atoms with Crippen LogP contribution in [0.25, 0.3) is 10.2 Å². The number of benzene rings is 1. The number of nitrogens with zero attached hydrogens (tertiary/aromatic N) is 1. The van der Waals surface area contributed by atoms with E-state index in [1.165, 1.54) is 28.1 Å². The summed E-state index contributed by atoms with van der Waals surface area (Å²) in [5.41, 5.74) is 2.71. The molecule has 1 unspecified atom stereocenters. The molecule has 1 aliphatic heterocycles. The third kappa shape index (κ3) is 1.98. The van der Waals surface area contributed by atoms with Gasteiger partial charge in [-0.15, -0.1) is 11.3 Å². The molecule has 0 amide bonds. The van der Waals surface area contributed by atoms with Gasteiger partial charge in [0.05, 0.1) is 10.2 Å². The minimum Gasteiger partial charge on any atom is -0.316 e. The van der Waals surface area contributed by atoms with Gasteiger partial charge in [-0.1, -0.05) is 13.0 Å². The Balaban J connectivity index is 2.05. The zero-order chi connectivity index (χ0) is 11.9. The summed E-state index contributed by atoms with van der Waals surface area (Å²) in [7, 11) is 0. The SMILES string of the molecule is Cc1ccc2nc(C3(C)CCCNC3)sc2c1. The van der Waals surface area contributed by atoms with Gasteiger partial charge in [0.25, 0.3) is 0 Å². The summed E-state index contributed by atoms with van der Waals surface area (Å²) in [6.07, 6.45) is 2.50. The van der Waals surface area contributed by atoms with Crippen molar-refractivity contribution >= 4 is 21.6 Å². The van der Waals surface area contributed by atoms with Crippen molar-refractivity contribution in [2.24, 2.45) is 0 Å². The summed E-state index contributed by atoms with van der Waals surface area (Å²) >= 11 is 1.87. The number of hydrogen-bond donors (Lipinski definition) is 1. The van der Waals surface area contributed by atoms with Crippen LogP contribution in [-0.4, -0.2) is 18.1 Å². The summed E-state index contributed by atoms with van der Waals surface area (Å²) in [4.78, 5) is 4.83. The van der Waals surface area contributed by atoms with Gasteiger partial charge in [-0.3, -0.25) is 0 Å². The average molecular weight is 246 g/mol. The highest BCUT2D eigenvalue weighted by Crippen LogP contribution is 2.36. The molecule has 0 spiro atoms. The fourth-order valence-corrected chi connectivity index (χ4v) is 3.76. The van der Waals surface area contributed by atoms with Crippen LogP contribution in [0.15, 0.2) is 18.2 Å². The highest BCUT2D eigenvalue weighted by atomic mass is 32.1. The largest absolute Gasteiger partial charge is 0.316 e. The molecule has 1 fully saturated rings. The molecular weight excluding hydrogens is 228 g/mol. The van der Waals surface area contributed by atoms with E-state index in [0.717, 1.165) is 18.6 Å². The molecule has 2 aromatic rings. The molecule has 2 nitrogen and oxygen atoms in total. The molecule has 0 saturated carbocycles. The van der Waals surface area contributed by atoms with Crippen molar-refractivity contribution in [3.63, 3.8) is 0 Å². The van der Waals surface area contributed by atoms with Gasteiger partial charge in [0.1, 0.15) is 5.01 Å². The van der Waals surface area contributed by atoms with Crippen molar-refractivity contribution in [2.75, 3.05) is 13.1 Å². The first-order chi connectivity index (χ1) is 8.17. The van der Waals surface area contributed by atoms with E-state index in [2.05, 4.69) is 37.4 Å². The molecule has 1 saturated heterocycles. The van der Waals surface area contributed by atoms with Gasteiger partial charge in [0.2, 0.25) is 0 Å². The van der Waals surface area contributed by atoms with Crippen molar-refractivity contribution in [2.45, 2.75) is 32.1 Å². The first kappa shape index (κ1) is 11.2. The van der Waals surface area contributed by atoms with Gasteiger partial charge in [0.15, 0.2) is 0 Å². The molecule has 1 N–H and O–H groups in total. The average Bonchev–Trinajstić information content (AvgIpc) is 2.73. The van der Waals surface area contributed by atoms with Crippen LogP contribution in [0.5, 0.6) is 0 Å². The minimum absolute atomic E-state index is 0.232. The molecule has 17 heavy (non-hydrogen) atoms. The van der Waals surface area contributed by atoms with E-state index in [1.54, 1.807) is 0 Å². The molecule has 1 aromatic heterocycles. The van der Waals surface area contributed by atoms with Crippen LogP contribution in [0, 0.1) is 6.92 Å². The summed E-state index contributed by atoms with van der Waals surface area (Å²) in [6.45, 7) is 6.69. The van der Waals surface area contributed by atoms with Crippen LogP contribution in [0.3, 0.4) is 0 Å². The van der Waals surface area contributed by atoms with E-state index in [-0.39, 0.29) is 5.41 Å². The van der Waals surface area contributed by atoms with Crippen molar-refractivity contribution in [1.82, 2.24) is 10.3 Å². The second-order valence-corrected chi connectivity index (χ2v) is 6.36. The van der Waals surface area contributed by atoms with Gasteiger partial charge < -0.3 is 5.32 Å². The summed E-state index contributed by atoms with van der Waals surface area (Å²) in [6, 6.07) is 6.54. The number of nitrogens with one attached hydrogen (secondary N) is 1. The first-order valence-corrected chi connectivity index (χ1v) is 7.07. The number of piperidine rings is 1. The quantitative estimate of drug-likeness (QED) is 0.835. The van der Waals surface area contributed by atoms with E-state index in [0.29, 0.717) is 0 Å². The van der Waals surface area contributed by atoms with E-state index >= 15 is 0 Å². The summed E-state index contributed by atoms with van der Waals surface area (Å²) < 4.78 is 1.33. The summed E-state index contributed by atoms with van der Waals surface area (Å²) in [5, 5.41) is 4.79. The third-order valence-corrected chi connectivity index (χ3v) is 4.98. The van der Waals surface area contributed by atoms with E-state index in [1.807, 2.05) is 11.3 Å². The lowest BCUT2D eigenvalue weighted by Crippen LogP contribution is -2.40. The maximum absolute atomic E-state index is 4.83. The lowest BCUT2D eigenvalue weighted by molar-refractivity contribution is 0.339. The summed E-state index contributed by atoms with van der Waals surface area (Å²) in [5.74, 6) is 0. The smallest absolute Gasteiger partial charge is 0.101 e. The Labute approximate surface area is 106 Å². The van der Waals surface area contributed by atoms with Crippen LogP contribution in [0.2, 0.25) is 0 Å². The van der Waals surface area contributed by atoms with Gasteiger partial charge in [-0.05, 0) is 44.0 Å². The van der Waals surface area contributed by atoms with Crippen molar-refractivity contribution in [3.8, 4) is 0 Å². The van der Waals surface area contributed by atoms with Gasteiger partial charge in [-0.25, -0.2) is 4.98 Å². The molecule has 3 rings (SSSR count). The second-order valence-electron chi connectivity index (χ2n) is 5.33. The maximum Gasteiger partial charge on any atom is 0.101 e. The predicted molar refractivity (Wildman–Crippen MR) is 73.8 cm³/mol. The number of thiazole rings is 1. The lowest BCUT2D eigenvalue weighted by Gasteiger charge is -2.32. The molecule has 1 aliphatic rings. The first-order valence-electron chi connectivity index (χ1n) is 6.26. The van der Waals surface area contributed by atoms with Gasteiger partial charge in [0, 0.05) is 12.0 Å². The fourth-order valence-electron chi connectivity index (χ4n) is 2.53. The number of hydrogen-bond acceptors (Lipinski definition) is 3. The highest BCUT2D eigenvalue weighted by molar-refractivity contribution is 7.18. The van der Waals surface area contributed by atoms with Crippen LogP contribution < -0.4 is 5.32 Å². The van der Waals surface area contributed by atoms with Crippen LogP contribution in [-0.2, 0) is 5.41 Å². The Morgan fingerprint density at radius 1 is 1.41 bits per heavy atom. The molecule has 1 aromatic carbocycles. The standard InChI is InChI=1S/C14H18N2S/c1-10-4-5-11-12(8-10)17-13(16-11)14(2)6-3-7-15-9-14/h4-5,8,15H,3,6-7,9H2,1-2H3. The van der Waals surface area contributed by atoms with Crippen molar-refractivity contribution < 1.29 is 0 Å². The van der Waals surface area contributed by atoms with Crippen LogP contribution >= 0.6 is 11.3 Å². The molecule has 0 radical (unpaired) electrons.